The first-order chi connectivity index (χ1) is 10.1. The molecule has 21 heavy (non-hydrogen) atoms. The maximum atomic E-state index is 10.9. The molecule has 0 aliphatic carbocycles. The molecule has 0 fully saturated rings. The topological polar surface area (TPSA) is 129 Å². The van der Waals surface area contributed by atoms with Crippen molar-refractivity contribution in [1.82, 2.24) is 0 Å². The third kappa shape index (κ3) is 3.07. The number of carbonyl (C=O) groups is 1. The van der Waals surface area contributed by atoms with E-state index in [-0.39, 0.29) is 11.6 Å². The predicted octanol–water partition coefficient (Wildman–Crippen LogP) is 1.30. The summed E-state index contributed by atoms with van der Waals surface area (Å²) in [4.78, 5) is 15.9. The molecule has 1 aromatic heterocycles. The zero-order chi connectivity index (χ0) is 15.4. The molecule has 1 aliphatic rings. The van der Waals surface area contributed by atoms with Gasteiger partial charge in [-0.15, -0.1) is 11.3 Å². The van der Waals surface area contributed by atoms with Crippen LogP contribution in [0.5, 0.6) is 0 Å². The molecule has 2 rings (SSSR count). The number of nitriles is 2. The van der Waals surface area contributed by atoms with Crippen molar-refractivity contribution < 1.29 is 4.79 Å². The molecule has 0 aromatic carbocycles. The molecule has 1 amide bonds. The van der Waals surface area contributed by atoms with Crippen LogP contribution in [0.4, 0.5) is 0 Å². The molecule has 1 aromatic rings. The Hall–Kier alpha value is -2.29. The van der Waals surface area contributed by atoms with E-state index in [2.05, 4.69) is 17.1 Å². The van der Waals surface area contributed by atoms with Crippen molar-refractivity contribution in [2.75, 3.05) is 5.75 Å². The first kappa shape index (κ1) is 15.1. The first-order valence-electron chi connectivity index (χ1n) is 5.91. The van der Waals surface area contributed by atoms with Crippen LogP contribution in [0.1, 0.15) is 10.8 Å². The van der Waals surface area contributed by atoms with Gasteiger partial charge in [-0.25, -0.2) is 4.99 Å². The lowest BCUT2D eigenvalue weighted by molar-refractivity contribution is -0.115. The fourth-order valence-corrected chi connectivity index (χ4v) is 3.65. The van der Waals surface area contributed by atoms with Crippen LogP contribution in [0.2, 0.25) is 0 Å². The lowest BCUT2D eigenvalue weighted by atomic mass is 9.84. The quantitative estimate of drug-likeness (QED) is 0.864. The van der Waals surface area contributed by atoms with Gasteiger partial charge in [0.15, 0.2) is 0 Å². The Morgan fingerprint density at radius 3 is 2.81 bits per heavy atom. The van der Waals surface area contributed by atoms with Gasteiger partial charge >= 0.3 is 0 Å². The summed E-state index contributed by atoms with van der Waals surface area (Å²) in [7, 11) is 0. The summed E-state index contributed by atoms with van der Waals surface area (Å²) in [6.45, 7) is 0. The smallest absolute Gasteiger partial charge is 0.227 e. The molecule has 8 heteroatoms. The number of thioether (sulfide) groups is 1. The SMILES string of the molecule is N#CC1=C(SCC(N)=O)N=C(N)C(C#N)C1c1cccs1. The van der Waals surface area contributed by atoms with Crippen molar-refractivity contribution >= 4 is 34.8 Å². The molecule has 2 heterocycles. The molecule has 0 radical (unpaired) electrons. The number of primary amides is 1. The summed E-state index contributed by atoms with van der Waals surface area (Å²) in [5, 5.41) is 21.0. The van der Waals surface area contributed by atoms with E-state index in [9.17, 15) is 15.3 Å². The average molecular weight is 317 g/mol. The highest BCUT2D eigenvalue weighted by molar-refractivity contribution is 8.03. The Bertz CT molecular complexity index is 693. The highest BCUT2D eigenvalue weighted by atomic mass is 32.2. The van der Waals surface area contributed by atoms with Gasteiger partial charge in [-0.2, -0.15) is 10.5 Å². The van der Waals surface area contributed by atoms with Gasteiger partial charge in [0.2, 0.25) is 5.91 Å². The van der Waals surface area contributed by atoms with Gasteiger partial charge in [-0.1, -0.05) is 17.8 Å². The lowest BCUT2D eigenvalue weighted by Crippen LogP contribution is -2.32. The minimum Gasteiger partial charge on any atom is -0.386 e. The Morgan fingerprint density at radius 1 is 1.52 bits per heavy atom. The van der Waals surface area contributed by atoms with Crippen LogP contribution in [0.3, 0.4) is 0 Å². The van der Waals surface area contributed by atoms with Gasteiger partial charge in [0.1, 0.15) is 16.8 Å². The minimum atomic E-state index is -0.684. The number of thiophene rings is 1. The zero-order valence-electron chi connectivity index (χ0n) is 10.8. The van der Waals surface area contributed by atoms with Crippen molar-refractivity contribution in [3.8, 4) is 12.1 Å². The molecule has 0 bridgehead atoms. The number of hydrogen-bond donors (Lipinski definition) is 2. The molecule has 6 nitrogen and oxygen atoms in total. The summed E-state index contributed by atoms with van der Waals surface area (Å²) < 4.78 is 0. The van der Waals surface area contributed by atoms with E-state index in [4.69, 9.17) is 11.5 Å². The van der Waals surface area contributed by atoms with Gasteiger partial charge in [0, 0.05) is 4.88 Å². The Morgan fingerprint density at radius 2 is 2.29 bits per heavy atom. The second kappa shape index (κ2) is 6.44. The summed E-state index contributed by atoms with van der Waals surface area (Å²) >= 11 is 2.51. The number of nitrogens with zero attached hydrogens (tertiary/aromatic N) is 3. The summed E-state index contributed by atoms with van der Waals surface area (Å²) in [5.74, 6) is -1.48. The van der Waals surface area contributed by atoms with Gasteiger partial charge < -0.3 is 11.5 Å². The van der Waals surface area contributed by atoms with Crippen molar-refractivity contribution in [3.05, 3.63) is 33.0 Å². The Balaban J connectivity index is 2.49. The molecule has 106 valence electrons. The average Bonchev–Trinajstić information content (AvgIpc) is 2.97. The normalized spacial score (nSPS) is 21.3. The molecule has 0 spiro atoms. The molecule has 4 N–H and O–H groups in total. The summed E-state index contributed by atoms with van der Waals surface area (Å²) in [6, 6.07) is 7.91. The van der Waals surface area contributed by atoms with Gasteiger partial charge in [0.05, 0.1) is 29.4 Å². The van der Waals surface area contributed by atoms with Crippen molar-refractivity contribution in [2.45, 2.75) is 5.92 Å². The van der Waals surface area contributed by atoms with E-state index < -0.39 is 17.7 Å². The van der Waals surface area contributed by atoms with Crippen LogP contribution in [-0.2, 0) is 4.79 Å². The maximum Gasteiger partial charge on any atom is 0.227 e. The van der Waals surface area contributed by atoms with Crippen LogP contribution in [-0.4, -0.2) is 17.5 Å². The van der Waals surface area contributed by atoms with E-state index in [0.29, 0.717) is 10.6 Å². The summed E-state index contributed by atoms with van der Waals surface area (Å²) in [5.41, 5.74) is 11.3. The predicted molar refractivity (Wildman–Crippen MR) is 82.1 cm³/mol. The number of carbonyl (C=O) groups excluding carboxylic acids is 1. The molecule has 0 saturated heterocycles. The van der Waals surface area contributed by atoms with E-state index in [0.717, 1.165) is 16.6 Å². The summed E-state index contributed by atoms with van der Waals surface area (Å²) in [6.07, 6.45) is 0. The highest BCUT2D eigenvalue weighted by Gasteiger charge is 2.36. The van der Waals surface area contributed by atoms with Crippen molar-refractivity contribution in [3.63, 3.8) is 0 Å². The zero-order valence-corrected chi connectivity index (χ0v) is 12.4. The molecule has 0 saturated carbocycles. The number of rotatable bonds is 4. The minimum absolute atomic E-state index is 0.00563. The second-order valence-corrected chi connectivity index (χ2v) is 6.17. The monoisotopic (exact) mass is 317 g/mol. The maximum absolute atomic E-state index is 10.9. The van der Waals surface area contributed by atoms with Crippen LogP contribution in [0.25, 0.3) is 0 Å². The molecule has 2 unspecified atom stereocenters. The lowest BCUT2D eigenvalue weighted by Gasteiger charge is -2.25. The Kier molecular flexibility index (Phi) is 4.63. The fraction of sp³-hybridized carbons (Fsp3) is 0.231. The number of allylic oxidation sites excluding steroid dienone is 1. The van der Waals surface area contributed by atoms with E-state index in [1.165, 1.54) is 11.3 Å². The van der Waals surface area contributed by atoms with E-state index in [1.54, 1.807) is 0 Å². The molecule has 2 atom stereocenters. The van der Waals surface area contributed by atoms with Crippen molar-refractivity contribution in [2.24, 2.45) is 22.4 Å². The van der Waals surface area contributed by atoms with E-state index >= 15 is 0 Å². The van der Waals surface area contributed by atoms with Crippen LogP contribution in [0.15, 0.2) is 33.1 Å². The Labute approximate surface area is 129 Å². The third-order valence-electron chi connectivity index (χ3n) is 2.88. The largest absolute Gasteiger partial charge is 0.386 e. The second-order valence-electron chi connectivity index (χ2n) is 4.22. The van der Waals surface area contributed by atoms with Crippen LogP contribution < -0.4 is 11.5 Å². The fourth-order valence-electron chi connectivity index (χ4n) is 2.00. The van der Waals surface area contributed by atoms with E-state index in [1.807, 2.05) is 17.5 Å². The first-order valence-corrected chi connectivity index (χ1v) is 7.77. The highest BCUT2D eigenvalue weighted by Crippen LogP contribution is 2.42. The standard InChI is InChI=1S/C13H11N5OS2/c14-4-7-11(9-2-1-3-20-9)8(5-15)13(18-12(7)17)21-6-10(16)19/h1-3,7,11H,6H2,(H2,16,19)(H2,17,18). The number of nitrogens with two attached hydrogens (primary N) is 2. The molecular weight excluding hydrogens is 306 g/mol. The number of aliphatic imine (C=N–C) groups is 1. The van der Waals surface area contributed by atoms with Crippen molar-refractivity contribution in [1.29, 1.82) is 10.5 Å². The molecule has 1 aliphatic heterocycles. The van der Waals surface area contributed by atoms with Gasteiger partial charge in [0.25, 0.3) is 0 Å². The third-order valence-corrected chi connectivity index (χ3v) is 4.85. The van der Waals surface area contributed by atoms with Crippen LogP contribution >= 0.6 is 23.1 Å². The number of amides is 1. The van der Waals surface area contributed by atoms with Crippen LogP contribution in [0, 0.1) is 28.6 Å². The number of hydrogen-bond acceptors (Lipinski definition) is 7. The van der Waals surface area contributed by atoms with Gasteiger partial charge in [-0.3, -0.25) is 4.79 Å². The number of amidine groups is 1. The van der Waals surface area contributed by atoms with Gasteiger partial charge in [-0.05, 0) is 11.4 Å². The molecular formula is C13H11N5OS2.